The van der Waals surface area contributed by atoms with Gasteiger partial charge in [0.15, 0.2) is 17.5 Å². The summed E-state index contributed by atoms with van der Waals surface area (Å²) in [5.74, 6) is -1.49. The van der Waals surface area contributed by atoms with E-state index in [1.165, 1.54) is 17.0 Å². The fourth-order valence-electron chi connectivity index (χ4n) is 5.58. The van der Waals surface area contributed by atoms with Crippen molar-refractivity contribution in [1.29, 1.82) is 0 Å². The fourth-order valence-corrected chi connectivity index (χ4v) is 5.86. The first kappa shape index (κ1) is 28.4. The Morgan fingerprint density at radius 2 is 1.51 bits per heavy atom. The Labute approximate surface area is 250 Å². The molecule has 0 aliphatic carbocycles. The Hall–Kier alpha value is -4.75. The second-order valence-electron chi connectivity index (χ2n) is 10.4. The molecule has 2 aromatic heterocycles. The molecule has 3 amide bonds. The molecule has 0 atom stereocenters. The topological polar surface area (TPSA) is 146 Å². The molecule has 6 rings (SSSR count). The summed E-state index contributed by atoms with van der Waals surface area (Å²) in [5, 5.41) is 18.0. The standard InChI is InChI=1S/C29H28ClFN8O4/c1-37-21-9-11-32-13-19(21)33-25(37)28(41)36-18-8-4-6-16(24(18)31)15-5-3-7-17(23(15)30)35-27(40)26-34-20-14-39(29(42)43)12-10-22(20)38(26)2/h3-8,32H,9-14H2,1-2H3,(H,35,40)(H,36,41)(H,42,43). The van der Waals surface area contributed by atoms with E-state index < -0.39 is 23.7 Å². The Balaban J connectivity index is 1.24. The van der Waals surface area contributed by atoms with E-state index in [4.69, 9.17) is 11.6 Å². The third kappa shape index (κ3) is 5.10. The molecule has 4 aromatic rings. The van der Waals surface area contributed by atoms with Gasteiger partial charge in [-0.25, -0.2) is 19.2 Å². The van der Waals surface area contributed by atoms with Crippen LogP contribution in [-0.2, 0) is 40.0 Å². The molecular formula is C29H28ClFN8O4. The van der Waals surface area contributed by atoms with Crippen LogP contribution < -0.4 is 16.0 Å². The van der Waals surface area contributed by atoms with Crippen molar-refractivity contribution in [2.75, 3.05) is 23.7 Å². The SMILES string of the molecule is Cn1c(C(=O)Nc2cccc(-c3cccc(NC(=O)c4nc5c(n4C)CCN(C(=O)O)C5)c3Cl)c2F)nc2c1CCNC2. The number of nitrogens with zero attached hydrogens (tertiary/aromatic N) is 5. The smallest absolute Gasteiger partial charge is 0.407 e. The van der Waals surface area contributed by atoms with E-state index in [0.29, 0.717) is 30.8 Å². The van der Waals surface area contributed by atoms with Crippen LogP contribution in [0, 0.1) is 5.82 Å². The maximum atomic E-state index is 15.8. The first-order valence-corrected chi connectivity index (χ1v) is 14.0. The zero-order valence-corrected chi connectivity index (χ0v) is 24.1. The van der Waals surface area contributed by atoms with Crippen molar-refractivity contribution in [2.45, 2.75) is 25.9 Å². The molecule has 12 nitrogen and oxygen atoms in total. The number of nitrogens with one attached hydrogen (secondary N) is 3. The van der Waals surface area contributed by atoms with Gasteiger partial charge in [0.1, 0.15) is 0 Å². The number of aromatic nitrogens is 4. The van der Waals surface area contributed by atoms with Crippen LogP contribution in [0.3, 0.4) is 0 Å². The second-order valence-corrected chi connectivity index (χ2v) is 10.8. The van der Waals surface area contributed by atoms with Crippen LogP contribution in [0.15, 0.2) is 36.4 Å². The number of fused-ring (bicyclic) bond motifs is 2. The molecule has 222 valence electrons. The minimum absolute atomic E-state index is 0.0407. The molecule has 4 heterocycles. The van der Waals surface area contributed by atoms with Gasteiger partial charge in [-0.1, -0.05) is 35.9 Å². The highest BCUT2D eigenvalue weighted by molar-refractivity contribution is 6.36. The summed E-state index contributed by atoms with van der Waals surface area (Å²) in [6, 6.07) is 9.41. The summed E-state index contributed by atoms with van der Waals surface area (Å²) >= 11 is 6.69. The van der Waals surface area contributed by atoms with Crippen LogP contribution in [0.4, 0.5) is 20.6 Å². The van der Waals surface area contributed by atoms with Gasteiger partial charge in [-0.15, -0.1) is 0 Å². The van der Waals surface area contributed by atoms with Gasteiger partial charge in [0, 0.05) is 69.1 Å². The van der Waals surface area contributed by atoms with E-state index in [2.05, 4.69) is 25.9 Å². The first-order chi connectivity index (χ1) is 20.6. The lowest BCUT2D eigenvalue weighted by Crippen LogP contribution is -2.35. The van der Waals surface area contributed by atoms with Crippen molar-refractivity contribution in [3.05, 3.63) is 81.7 Å². The van der Waals surface area contributed by atoms with Gasteiger partial charge in [0.05, 0.1) is 34.3 Å². The predicted octanol–water partition coefficient (Wildman–Crippen LogP) is 3.80. The molecular weight excluding hydrogens is 579 g/mol. The molecule has 0 spiro atoms. The van der Waals surface area contributed by atoms with E-state index in [-0.39, 0.29) is 40.2 Å². The van der Waals surface area contributed by atoms with Gasteiger partial charge in [-0.3, -0.25) is 9.59 Å². The van der Waals surface area contributed by atoms with Crippen LogP contribution in [0.25, 0.3) is 11.1 Å². The summed E-state index contributed by atoms with van der Waals surface area (Å²) in [7, 11) is 3.46. The molecule has 0 saturated heterocycles. The van der Waals surface area contributed by atoms with Gasteiger partial charge >= 0.3 is 6.09 Å². The lowest BCUT2D eigenvalue weighted by atomic mass is 10.0. The van der Waals surface area contributed by atoms with Crippen molar-refractivity contribution in [2.24, 2.45) is 14.1 Å². The maximum Gasteiger partial charge on any atom is 0.407 e. The minimum atomic E-state index is -1.05. The molecule has 14 heteroatoms. The van der Waals surface area contributed by atoms with Crippen LogP contribution in [0.1, 0.15) is 44.0 Å². The van der Waals surface area contributed by atoms with Crippen molar-refractivity contribution in [3.63, 3.8) is 0 Å². The second kappa shape index (κ2) is 11.2. The number of imidazole rings is 2. The molecule has 0 bridgehead atoms. The number of halogens is 2. The van der Waals surface area contributed by atoms with Crippen LogP contribution in [0.2, 0.25) is 5.02 Å². The van der Waals surface area contributed by atoms with Gasteiger partial charge in [0.2, 0.25) is 0 Å². The molecule has 2 aliphatic rings. The number of hydrogen-bond donors (Lipinski definition) is 4. The molecule has 0 unspecified atom stereocenters. The van der Waals surface area contributed by atoms with Crippen molar-refractivity contribution in [3.8, 4) is 11.1 Å². The lowest BCUT2D eigenvalue weighted by Gasteiger charge is -2.23. The zero-order chi connectivity index (χ0) is 30.4. The number of benzene rings is 2. The summed E-state index contributed by atoms with van der Waals surface area (Å²) in [6.45, 7) is 1.76. The number of carbonyl (C=O) groups excluding carboxylic acids is 2. The van der Waals surface area contributed by atoms with Crippen molar-refractivity contribution in [1.82, 2.24) is 29.3 Å². The molecule has 4 N–H and O–H groups in total. The third-order valence-electron chi connectivity index (χ3n) is 7.84. The highest BCUT2D eigenvalue weighted by atomic mass is 35.5. The van der Waals surface area contributed by atoms with E-state index >= 15 is 4.39 Å². The number of carbonyl (C=O) groups is 3. The van der Waals surface area contributed by atoms with Gasteiger partial charge in [0.25, 0.3) is 11.8 Å². The molecule has 0 radical (unpaired) electrons. The predicted molar refractivity (Wildman–Crippen MR) is 157 cm³/mol. The molecule has 2 aliphatic heterocycles. The Morgan fingerprint density at radius 1 is 0.907 bits per heavy atom. The number of carboxylic acid groups (broad SMARTS) is 1. The molecule has 0 fully saturated rings. The molecule has 0 saturated carbocycles. The van der Waals surface area contributed by atoms with Gasteiger partial charge in [-0.05, 0) is 12.1 Å². The van der Waals surface area contributed by atoms with Crippen molar-refractivity contribution >= 4 is 40.9 Å². The normalized spacial score (nSPS) is 14.2. The summed E-state index contributed by atoms with van der Waals surface area (Å²) in [4.78, 5) is 47.8. The number of amides is 3. The summed E-state index contributed by atoms with van der Waals surface area (Å²) < 4.78 is 19.2. The van der Waals surface area contributed by atoms with E-state index in [1.807, 2.05) is 0 Å². The largest absolute Gasteiger partial charge is 0.465 e. The first-order valence-electron chi connectivity index (χ1n) is 13.6. The van der Waals surface area contributed by atoms with E-state index in [0.717, 1.165) is 30.0 Å². The van der Waals surface area contributed by atoms with Gasteiger partial charge < -0.3 is 35.1 Å². The maximum absolute atomic E-state index is 15.8. The van der Waals surface area contributed by atoms with Crippen LogP contribution in [0.5, 0.6) is 0 Å². The number of rotatable bonds is 5. The average molecular weight is 607 g/mol. The fraction of sp³-hybridized carbons (Fsp3) is 0.276. The average Bonchev–Trinajstić information content (AvgIpc) is 3.51. The zero-order valence-electron chi connectivity index (χ0n) is 23.4. The number of hydrogen-bond acceptors (Lipinski definition) is 6. The van der Waals surface area contributed by atoms with E-state index in [9.17, 15) is 19.5 Å². The van der Waals surface area contributed by atoms with E-state index in [1.54, 1.807) is 47.5 Å². The molecule has 43 heavy (non-hydrogen) atoms. The quantitative estimate of drug-likeness (QED) is 0.270. The van der Waals surface area contributed by atoms with Crippen LogP contribution >= 0.6 is 11.6 Å². The highest BCUT2D eigenvalue weighted by Gasteiger charge is 2.28. The van der Waals surface area contributed by atoms with Crippen LogP contribution in [-0.4, -0.2) is 60.1 Å². The third-order valence-corrected chi connectivity index (χ3v) is 8.25. The van der Waals surface area contributed by atoms with Crippen molar-refractivity contribution < 1.29 is 23.9 Å². The number of anilines is 2. The molecule has 2 aromatic carbocycles. The summed E-state index contributed by atoms with van der Waals surface area (Å²) in [6.07, 6.45) is 0.128. The Kier molecular flexibility index (Phi) is 7.36. The minimum Gasteiger partial charge on any atom is -0.465 e. The Bertz CT molecular complexity index is 1800. The monoisotopic (exact) mass is 606 g/mol. The highest BCUT2D eigenvalue weighted by Crippen LogP contribution is 2.37. The Morgan fingerprint density at radius 3 is 2.19 bits per heavy atom. The summed E-state index contributed by atoms with van der Waals surface area (Å²) in [5.41, 5.74) is 3.70. The van der Waals surface area contributed by atoms with Gasteiger partial charge in [-0.2, -0.15) is 0 Å². The lowest BCUT2D eigenvalue weighted by molar-refractivity contribution is 0.100.